The highest BCUT2D eigenvalue weighted by Crippen LogP contribution is 2.23. The maximum Gasteiger partial charge on any atom is 0.243 e. The molecule has 0 atom stereocenters. The lowest BCUT2D eigenvalue weighted by Gasteiger charge is -2.16. The van der Waals surface area contributed by atoms with Crippen molar-refractivity contribution < 1.29 is 8.42 Å². The van der Waals surface area contributed by atoms with Crippen molar-refractivity contribution in [3.8, 4) is 5.69 Å². The molecule has 1 aliphatic rings. The second-order valence-corrected chi connectivity index (χ2v) is 6.75. The minimum atomic E-state index is -3.37. The molecule has 7 nitrogen and oxygen atoms in total. The Balaban J connectivity index is 1.98. The second-order valence-electron chi connectivity index (χ2n) is 4.81. The highest BCUT2D eigenvalue weighted by molar-refractivity contribution is 7.89. The van der Waals surface area contributed by atoms with Crippen LogP contribution in [0.25, 0.3) is 5.69 Å². The van der Waals surface area contributed by atoms with Crippen molar-refractivity contribution in [2.45, 2.75) is 24.7 Å². The van der Waals surface area contributed by atoms with Crippen LogP contribution in [0.1, 0.15) is 18.4 Å². The van der Waals surface area contributed by atoms with E-state index < -0.39 is 10.0 Å². The Morgan fingerprint density at radius 3 is 2.55 bits per heavy atom. The van der Waals surface area contributed by atoms with Gasteiger partial charge in [-0.2, -0.15) is 4.31 Å². The molecule has 106 valence electrons. The summed E-state index contributed by atoms with van der Waals surface area (Å²) in [5.41, 5.74) is 1.59. The lowest BCUT2D eigenvalue weighted by Crippen LogP contribution is -2.27. The van der Waals surface area contributed by atoms with E-state index in [1.807, 2.05) is 6.92 Å². The van der Waals surface area contributed by atoms with Gasteiger partial charge in [0, 0.05) is 13.1 Å². The van der Waals surface area contributed by atoms with E-state index in [-0.39, 0.29) is 0 Å². The molecule has 1 fully saturated rings. The van der Waals surface area contributed by atoms with Crippen molar-refractivity contribution in [2.24, 2.45) is 0 Å². The van der Waals surface area contributed by atoms with Crippen LogP contribution in [0.4, 0.5) is 0 Å². The van der Waals surface area contributed by atoms with Crippen LogP contribution in [0.3, 0.4) is 0 Å². The Morgan fingerprint density at radius 1 is 1.20 bits per heavy atom. The second kappa shape index (κ2) is 4.95. The van der Waals surface area contributed by atoms with E-state index in [1.54, 1.807) is 22.5 Å². The summed E-state index contributed by atoms with van der Waals surface area (Å²) >= 11 is 0. The molecule has 0 amide bonds. The molecule has 3 rings (SSSR count). The van der Waals surface area contributed by atoms with Crippen LogP contribution in [0, 0.1) is 6.92 Å². The molecule has 0 saturated carbocycles. The summed E-state index contributed by atoms with van der Waals surface area (Å²) in [5, 5.41) is 11.0. The summed E-state index contributed by atoms with van der Waals surface area (Å²) in [5.74, 6) is 0. The molecule has 2 heterocycles. The molecule has 1 saturated heterocycles. The summed E-state index contributed by atoms with van der Waals surface area (Å²) in [6.45, 7) is 3.06. The molecule has 0 N–H and O–H groups in total. The summed E-state index contributed by atoms with van der Waals surface area (Å²) in [7, 11) is -3.37. The van der Waals surface area contributed by atoms with Gasteiger partial charge in [0.1, 0.15) is 6.33 Å². The number of aromatic nitrogens is 4. The molecule has 2 aromatic rings. The van der Waals surface area contributed by atoms with Gasteiger partial charge in [-0.3, -0.25) is 0 Å². The molecule has 0 bridgehead atoms. The molecule has 1 aromatic heterocycles. The Kier molecular flexibility index (Phi) is 3.27. The third kappa shape index (κ3) is 2.20. The molecule has 0 unspecified atom stereocenters. The molecule has 1 aromatic carbocycles. The maximum atomic E-state index is 12.5. The molecule has 0 spiro atoms. The number of hydrogen-bond acceptors (Lipinski definition) is 5. The van der Waals surface area contributed by atoms with Crippen molar-refractivity contribution >= 4 is 10.0 Å². The highest BCUT2D eigenvalue weighted by Gasteiger charge is 2.27. The van der Waals surface area contributed by atoms with Crippen molar-refractivity contribution in [2.75, 3.05) is 13.1 Å². The van der Waals surface area contributed by atoms with E-state index in [1.165, 1.54) is 11.0 Å². The van der Waals surface area contributed by atoms with Gasteiger partial charge in [-0.05, 0) is 54.0 Å². The molecule has 8 heteroatoms. The van der Waals surface area contributed by atoms with Gasteiger partial charge in [-0.25, -0.2) is 13.1 Å². The fourth-order valence-corrected chi connectivity index (χ4v) is 4.00. The number of hydrogen-bond donors (Lipinski definition) is 0. The number of sulfonamides is 1. The van der Waals surface area contributed by atoms with E-state index in [0.717, 1.165) is 24.1 Å². The number of tetrazole rings is 1. The normalized spacial score (nSPS) is 16.6. The number of benzene rings is 1. The first-order chi connectivity index (χ1) is 9.59. The van der Waals surface area contributed by atoms with Crippen LogP contribution in [0.2, 0.25) is 0 Å². The summed E-state index contributed by atoms with van der Waals surface area (Å²) < 4.78 is 28.0. The van der Waals surface area contributed by atoms with Gasteiger partial charge < -0.3 is 0 Å². The molecule has 1 aliphatic heterocycles. The summed E-state index contributed by atoms with van der Waals surface area (Å²) in [6, 6.07) is 5.01. The van der Waals surface area contributed by atoms with E-state index in [0.29, 0.717) is 18.0 Å². The van der Waals surface area contributed by atoms with Gasteiger partial charge in [0.25, 0.3) is 0 Å². The Labute approximate surface area is 117 Å². The first-order valence-electron chi connectivity index (χ1n) is 6.43. The number of nitrogens with zero attached hydrogens (tertiary/aromatic N) is 5. The smallest absolute Gasteiger partial charge is 0.207 e. The van der Waals surface area contributed by atoms with Gasteiger partial charge >= 0.3 is 0 Å². The average Bonchev–Trinajstić information content (AvgIpc) is 3.12. The molecule has 0 radical (unpaired) electrons. The van der Waals surface area contributed by atoms with Crippen molar-refractivity contribution in [3.05, 3.63) is 30.1 Å². The van der Waals surface area contributed by atoms with Gasteiger partial charge in [0.05, 0.1) is 10.6 Å². The highest BCUT2D eigenvalue weighted by atomic mass is 32.2. The number of aryl methyl sites for hydroxylation is 1. The first-order valence-corrected chi connectivity index (χ1v) is 7.87. The van der Waals surface area contributed by atoms with Gasteiger partial charge in [0.2, 0.25) is 10.0 Å². The predicted molar refractivity (Wildman–Crippen MR) is 71.9 cm³/mol. The topological polar surface area (TPSA) is 81.0 Å². The molecule has 20 heavy (non-hydrogen) atoms. The lowest BCUT2D eigenvalue weighted by molar-refractivity contribution is 0.477. The minimum Gasteiger partial charge on any atom is -0.207 e. The van der Waals surface area contributed by atoms with Gasteiger partial charge in [-0.15, -0.1) is 5.10 Å². The van der Waals surface area contributed by atoms with E-state index in [9.17, 15) is 8.42 Å². The lowest BCUT2D eigenvalue weighted by atomic mass is 10.2. The Bertz CT molecular complexity index is 705. The average molecular weight is 293 g/mol. The van der Waals surface area contributed by atoms with Crippen LogP contribution >= 0.6 is 0 Å². The zero-order chi connectivity index (χ0) is 14.2. The van der Waals surface area contributed by atoms with Gasteiger partial charge in [0.15, 0.2) is 0 Å². The van der Waals surface area contributed by atoms with Crippen LogP contribution in [-0.4, -0.2) is 46.0 Å². The largest absolute Gasteiger partial charge is 0.243 e. The van der Waals surface area contributed by atoms with Crippen molar-refractivity contribution in [3.63, 3.8) is 0 Å². The minimum absolute atomic E-state index is 0.328. The van der Waals surface area contributed by atoms with Gasteiger partial charge in [-0.1, -0.05) is 0 Å². The summed E-state index contributed by atoms with van der Waals surface area (Å²) in [4.78, 5) is 0.328. The number of rotatable bonds is 3. The van der Waals surface area contributed by atoms with Crippen molar-refractivity contribution in [1.82, 2.24) is 24.5 Å². The Morgan fingerprint density at radius 2 is 1.95 bits per heavy atom. The third-order valence-electron chi connectivity index (χ3n) is 3.47. The monoisotopic (exact) mass is 293 g/mol. The quantitative estimate of drug-likeness (QED) is 0.834. The zero-order valence-corrected chi connectivity index (χ0v) is 11.9. The van der Waals surface area contributed by atoms with Crippen molar-refractivity contribution in [1.29, 1.82) is 0 Å². The summed E-state index contributed by atoms with van der Waals surface area (Å²) in [6.07, 6.45) is 3.35. The van der Waals surface area contributed by atoms with Crippen LogP contribution < -0.4 is 0 Å². The van der Waals surface area contributed by atoms with Crippen LogP contribution in [0.5, 0.6) is 0 Å². The molecule has 0 aliphatic carbocycles. The Hall–Kier alpha value is -1.80. The van der Waals surface area contributed by atoms with Crippen LogP contribution in [-0.2, 0) is 10.0 Å². The molecular weight excluding hydrogens is 278 g/mol. The predicted octanol–water partition coefficient (Wildman–Crippen LogP) is 0.755. The third-order valence-corrected chi connectivity index (χ3v) is 5.36. The van der Waals surface area contributed by atoms with E-state index in [2.05, 4.69) is 15.5 Å². The maximum absolute atomic E-state index is 12.5. The van der Waals surface area contributed by atoms with E-state index >= 15 is 0 Å². The fraction of sp³-hybridized carbons (Fsp3) is 0.417. The van der Waals surface area contributed by atoms with E-state index in [4.69, 9.17) is 0 Å². The zero-order valence-electron chi connectivity index (χ0n) is 11.1. The van der Waals surface area contributed by atoms with Crippen LogP contribution in [0.15, 0.2) is 29.4 Å². The standard InChI is InChI=1S/C12H15N5O2S/c1-10-8-11(20(18,19)16-6-2-3-7-16)4-5-12(10)17-9-13-14-15-17/h4-5,8-9H,2-3,6-7H2,1H3. The first kappa shape index (κ1) is 13.2. The molecular formula is C12H15N5O2S. The fourth-order valence-electron chi connectivity index (χ4n) is 2.39. The SMILES string of the molecule is Cc1cc(S(=O)(=O)N2CCCC2)ccc1-n1cnnn1.